The molecule has 3 aliphatic rings. The largest absolute Gasteiger partial charge is 0.491 e. The van der Waals surface area contributed by atoms with Gasteiger partial charge in [-0.25, -0.2) is 13.4 Å². The second kappa shape index (κ2) is 10.0. The maximum atomic E-state index is 12.9. The van der Waals surface area contributed by atoms with Gasteiger partial charge in [-0.15, -0.1) is 0 Å². The molecule has 4 heterocycles. The number of sulfone groups is 1. The van der Waals surface area contributed by atoms with Gasteiger partial charge in [0, 0.05) is 31.0 Å². The van der Waals surface area contributed by atoms with Gasteiger partial charge in [0.2, 0.25) is 5.91 Å². The molecular formula is C25H31N3O7S. The molecule has 1 aromatic heterocycles. The summed E-state index contributed by atoms with van der Waals surface area (Å²) in [6, 6.07) is 7.60. The number of anilines is 2. The smallest absolute Gasteiger partial charge is 0.256 e. The van der Waals surface area contributed by atoms with Crippen molar-refractivity contribution in [1.29, 1.82) is 0 Å². The fourth-order valence-electron chi connectivity index (χ4n) is 5.02. The molecule has 3 aliphatic heterocycles. The number of hydrogen-bond donors (Lipinski definition) is 0. The van der Waals surface area contributed by atoms with Gasteiger partial charge < -0.3 is 28.7 Å². The molecule has 5 rings (SSSR count). The number of carbonyl (C=O) groups excluding carboxylic acids is 1. The van der Waals surface area contributed by atoms with E-state index < -0.39 is 9.84 Å². The van der Waals surface area contributed by atoms with Gasteiger partial charge in [-0.2, -0.15) is 0 Å². The molecule has 2 fully saturated rings. The minimum Gasteiger partial charge on any atom is -0.491 e. The number of fused-ring (bicyclic) bond motifs is 1. The maximum absolute atomic E-state index is 12.9. The third-order valence-corrected chi connectivity index (χ3v) is 8.70. The zero-order chi connectivity index (χ0) is 25.3. The highest BCUT2D eigenvalue weighted by Crippen LogP contribution is 2.41. The van der Waals surface area contributed by atoms with Crippen molar-refractivity contribution in [3.05, 3.63) is 30.5 Å². The van der Waals surface area contributed by atoms with Crippen LogP contribution in [-0.4, -0.2) is 82.3 Å². The Morgan fingerprint density at radius 2 is 1.89 bits per heavy atom. The van der Waals surface area contributed by atoms with E-state index in [0.29, 0.717) is 56.5 Å². The van der Waals surface area contributed by atoms with E-state index in [1.807, 2.05) is 29.2 Å². The van der Waals surface area contributed by atoms with Crippen molar-refractivity contribution in [2.24, 2.45) is 5.92 Å². The second-order valence-electron chi connectivity index (χ2n) is 9.27. The van der Waals surface area contributed by atoms with Crippen LogP contribution in [0.4, 0.5) is 11.4 Å². The Hall–Kier alpha value is -3.21. The van der Waals surface area contributed by atoms with Crippen LogP contribution in [0.2, 0.25) is 0 Å². The molecule has 36 heavy (non-hydrogen) atoms. The van der Waals surface area contributed by atoms with Crippen LogP contribution in [0.1, 0.15) is 19.3 Å². The predicted octanol–water partition coefficient (Wildman–Crippen LogP) is 2.43. The molecule has 0 radical (unpaired) electrons. The number of pyridine rings is 1. The Bertz CT molecular complexity index is 1220. The quantitative estimate of drug-likeness (QED) is 0.571. The summed E-state index contributed by atoms with van der Waals surface area (Å²) in [4.78, 5) is 21.2. The van der Waals surface area contributed by atoms with Crippen LogP contribution >= 0.6 is 0 Å². The number of methoxy groups -OCH3 is 2. The van der Waals surface area contributed by atoms with E-state index in [4.69, 9.17) is 18.9 Å². The highest BCUT2D eigenvalue weighted by molar-refractivity contribution is 7.91. The molecule has 0 aliphatic carbocycles. The number of nitrogens with zero attached hydrogens (tertiary/aromatic N) is 3. The normalized spacial score (nSPS) is 21.4. The van der Waals surface area contributed by atoms with Gasteiger partial charge in [0.05, 0.1) is 56.4 Å². The minimum absolute atomic E-state index is 0.0435. The van der Waals surface area contributed by atoms with Crippen molar-refractivity contribution in [2.45, 2.75) is 25.4 Å². The molecule has 2 saturated heterocycles. The second-order valence-corrected chi connectivity index (χ2v) is 11.6. The third kappa shape index (κ3) is 5.02. The van der Waals surface area contributed by atoms with E-state index in [0.717, 1.165) is 23.5 Å². The van der Waals surface area contributed by atoms with Crippen LogP contribution in [0.25, 0.3) is 0 Å². The van der Waals surface area contributed by atoms with Crippen LogP contribution in [0.5, 0.6) is 23.1 Å². The SMILES string of the molecule is COc1cc(N2CCOc3ccc(O[C@H]4CCN(C(=O)C5CCS(=O)(=O)CC5)C4)cc32)cnc1OC. The average Bonchev–Trinajstić information content (AvgIpc) is 3.36. The highest BCUT2D eigenvalue weighted by Gasteiger charge is 2.35. The lowest BCUT2D eigenvalue weighted by Crippen LogP contribution is -2.39. The molecule has 0 unspecified atom stereocenters. The van der Waals surface area contributed by atoms with Gasteiger partial charge in [0.15, 0.2) is 5.75 Å². The molecule has 0 saturated carbocycles. The Kier molecular flexibility index (Phi) is 6.83. The molecule has 0 spiro atoms. The number of ether oxygens (including phenoxy) is 4. The summed E-state index contributed by atoms with van der Waals surface area (Å²) in [6.07, 6.45) is 3.17. The van der Waals surface area contributed by atoms with Crippen molar-refractivity contribution >= 4 is 27.1 Å². The Morgan fingerprint density at radius 1 is 1.08 bits per heavy atom. The van der Waals surface area contributed by atoms with Crippen LogP contribution in [0.3, 0.4) is 0 Å². The Balaban J connectivity index is 1.27. The zero-order valence-corrected chi connectivity index (χ0v) is 21.3. The first-order valence-electron chi connectivity index (χ1n) is 12.1. The van der Waals surface area contributed by atoms with Gasteiger partial charge >= 0.3 is 0 Å². The summed E-state index contributed by atoms with van der Waals surface area (Å²) in [5.41, 5.74) is 1.71. The van der Waals surface area contributed by atoms with Gasteiger partial charge in [0.25, 0.3) is 5.88 Å². The first-order valence-corrected chi connectivity index (χ1v) is 14.0. The topological polar surface area (TPSA) is 108 Å². The number of likely N-dealkylation sites (tertiary alicyclic amines) is 1. The summed E-state index contributed by atoms with van der Waals surface area (Å²) in [6.45, 7) is 2.28. The predicted molar refractivity (Wildman–Crippen MR) is 133 cm³/mol. The van der Waals surface area contributed by atoms with Crippen LogP contribution in [0, 0.1) is 5.92 Å². The summed E-state index contributed by atoms with van der Waals surface area (Å²) in [7, 11) is 0.138. The van der Waals surface area contributed by atoms with E-state index in [1.165, 1.54) is 0 Å². The minimum atomic E-state index is -2.99. The van der Waals surface area contributed by atoms with Crippen LogP contribution < -0.4 is 23.8 Å². The molecule has 1 amide bonds. The van der Waals surface area contributed by atoms with Gasteiger partial charge in [-0.05, 0) is 25.0 Å². The number of amides is 1. The highest BCUT2D eigenvalue weighted by atomic mass is 32.2. The molecule has 0 bridgehead atoms. The first kappa shape index (κ1) is 24.5. The van der Waals surface area contributed by atoms with E-state index in [1.54, 1.807) is 20.4 Å². The first-order chi connectivity index (χ1) is 17.4. The summed E-state index contributed by atoms with van der Waals surface area (Å²) in [5.74, 6) is 2.43. The van der Waals surface area contributed by atoms with Crippen LogP contribution in [0.15, 0.2) is 30.5 Å². The summed E-state index contributed by atoms with van der Waals surface area (Å²) >= 11 is 0. The number of rotatable bonds is 6. The molecule has 0 N–H and O–H groups in total. The maximum Gasteiger partial charge on any atom is 0.256 e. The molecular weight excluding hydrogens is 486 g/mol. The summed E-state index contributed by atoms with van der Waals surface area (Å²) in [5, 5.41) is 0. The molecule has 1 aromatic carbocycles. The fraction of sp³-hybridized carbons (Fsp3) is 0.520. The van der Waals surface area contributed by atoms with E-state index in [-0.39, 0.29) is 29.4 Å². The number of aromatic nitrogens is 1. The van der Waals surface area contributed by atoms with Crippen LogP contribution in [-0.2, 0) is 14.6 Å². The van der Waals surface area contributed by atoms with Crippen molar-refractivity contribution < 1.29 is 32.2 Å². The Labute approximate surface area is 211 Å². The fourth-order valence-corrected chi connectivity index (χ4v) is 6.51. The molecule has 194 valence electrons. The molecule has 11 heteroatoms. The summed E-state index contributed by atoms with van der Waals surface area (Å²) < 4.78 is 46.2. The lowest BCUT2D eigenvalue weighted by atomic mass is 10.0. The van der Waals surface area contributed by atoms with Crippen molar-refractivity contribution in [3.8, 4) is 23.1 Å². The molecule has 1 atom stereocenters. The Morgan fingerprint density at radius 3 is 2.64 bits per heavy atom. The van der Waals surface area contributed by atoms with E-state index in [2.05, 4.69) is 9.88 Å². The zero-order valence-electron chi connectivity index (χ0n) is 20.5. The van der Waals surface area contributed by atoms with Crippen molar-refractivity contribution in [1.82, 2.24) is 9.88 Å². The lowest BCUT2D eigenvalue weighted by Gasteiger charge is -2.32. The monoisotopic (exact) mass is 517 g/mol. The van der Waals surface area contributed by atoms with Gasteiger partial charge in [-0.3, -0.25) is 4.79 Å². The molecule has 10 nitrogen and oxygen atoms in total. The van der Waals surface area contributed by atoms with Gasteiger partial charge in [-0.1, -0.05) is 0 Å². The standard InChI is InChI=1S/C25H31N3O7S/c1-32-23-13-18(15-26-24(23)33-2)28-9-10-34-22-4-3-19(14-21(22)28)35-20-5-8-27(16-20)25(29)17-6-11-36(30,31)12-7-17/h3-4,13-15,17,20H,5-12,16H2,1-2H3/t20-/m0/s1. The number of benzene rings is 1. The lowest BCUT2D eigenvalue weighted by molar-refractivity contribution is -0.135. The van der Waals surface area contributed by atoms with Crippen molar-refractivity contribution in [3.63, 3.8) is 0 Å². The number of hydrogen-bond acceptors (Lipinski definition) is 9. The third-order valence-electron chi connectivity index (χ3n) is 6.99. The van der Waals surface area contributed by atoms with Crippen molar-refractivity contribution in [2.75, 3.05) is 56.9 Å². The van der Waals surface area contributed by atoms with Gasteiger partial charge in [0.1, 0.15) is 34.0 Å². The number of carbonyl (C=O) groups is 1. The average molecular weight is 518 g/mol. The van der Waals surface area contributed by atoms with E-state index >= 15 is 0 Å². The van der Waals surface area contributed by atoms with E-state index in [9.17, 15) is 13.2 Å². The molecule has 2 aromatic rings.